The number of ketones is 1. The first kappa shape index (κ1) is 30.3. The molecule has 42 heavy (non-hydrogen) atoms. The number of nitrogens with two attached hydrogens (primary N) is 1. The molecule has 5 aliphatic rings. The molecule has 1 saturated heterocycles. The Labute approximate surface area is 254 Å². The number of Topliss-reactive ketones (excluding diaryl/α,β-unsaturated/α-hetero) is 1. The van der Waals surface area contributed by atoms with Gasteiger partial charge < -0.3 is 15.2 Å². The molecule has 1 aliphatic heterocycles. The minimum atomic E-state index is -0.203. The smallest absolute Gasteiger partial charge is 0.338 e. The van der Waals surface area contributed by atoms with Crippen LogP contribution >= 0.6 is 0 Å². The van der Waals surface area contributed by atoms with E-state index in [1.807, 2.05) is 30.3 Å². The maximum atomic E-state index is 13.7. The molecule has 12 atom stereocenters. The Morgan fingerprint density at radius 3 is 2.60 bits per heavy atom. The Kier molecular flexibility index (Phi) is 8.66. The Balaban J connectivity index is 1.41. The summed E-state index contributed by atoms with van der Waals surface area (Å²) in [6.45, 7) is 10.5. The molecule has 4 aliphatic carbocycles. The van der Waals surface area contributed by atoms with E-state index in [2.05, 4.69) is 27.7 Å². The van der Waals surface area contributed by atoms with Crippen LogP contribution in [0.2, 0.25) is 0 Å². The van der Waals surface area contributed by atoms with E-state index in [4.69, 9.17) is 15.2 Å². The van der Waals surface area contributed by atoms with E-state index in [0.29, 0.717) is 65.3 Å². The van der Waals surface area contributed by atoms with Crippen molar-refractivity contribution in [3.8, 4) is 0 Å². The highest BCUT2D eigenvalue weighted by Crippen LogP contribution is 2.70. The molecule has 0 amide bonds. The Morgan fingerprint density at radius 1 is 1.10 bits per heavy atom. The fourth-order valence-electron chi connectivity index (χ4n) is 11.3. The molecule has 5 fully saturated rings. The van der Waals surface area contributed by atoms with Crippen molar-refractivity contribution in [2.45, 2.75) is 123 Å². The first-order valence-corrected chi connectivity index (χ1v) is 17.3. The molecule has 232 valence electrons. The van der Waals surface area contributed by atoms with Crippen LogP contribution in [0.4, 0.5) is 0 Å². The summed E-state index contributed by atoms with van der Waals surface area (Å²) in [7, 11) is 0. The van der Waals surface area contributed by atoms with E-state index < -0.39 is 0 Å². The van der Waals surface area contributed by atoms with E-state index in [0.717, 1.165) is 64.4 Å². The van der Waals surface area contributed by atoms with Crippen molar-refractivity contribution in [1.82, 2.24) is 0 Å². The molecule has 0 bridgehead atoms. The zero-order valence-electron chi connectivity index (χ0n) is 26.6. The van der Waals surface area contributed by atoms with Gasteiger partial charge in [0.25, 0.3) is 0 Å². The summed E-state index contributed by atoms with van der Waals surface area (Å²) in [4.78, 5) is 26.5. The largest absolute Gasteiger partial charge is 0.458 e. The molecular weight excluding hydrogens is 522 g/mol. The van der Waals surface area contributed by atoms with Gasteiger partial charge in [-0.2, -0.15) is 0 Å². The van der Waals surface area contributed by atoms with Crippen LogP contribution in [0, 0.1) is 52.3 Å². The molecule has 5 nitrogen and oxygen atoms in total. The predicted molar refractivity (Wildman–Crippen MR) is 166 cm³/mol. The number of fused-ring (bicyclic) bond motifs is 5. The molecule has 1 aromatic carbocycles. The molecule has 1 aromatic rings. The molecule has 0 spiro atoms. The third-order valence-electron chi connectivity index (χ3n) is 13.6. The summed E-state index contributed by atoms with van der Waals surface area (Å²) >= 11 is 0. The van der Waals surface area contributed by atoms with Gasteiger partial charge in [0.2, 0.25) is 0 Å². The zero-order chi connectivity index (χ0) is 29.6. The van der Waals surface area contributed by atoms with Gasteiger partial charge in [-0.15, -0.1) is 0 Å². The molecule has 1 heterocycles. The Hall–Kier alpha value is -1.72. The number of esters is 1. The molecule has 2 N–H and O–H groups in total. The third kappa shape index (κ3) is 5.09. The number of benzene rings is 1. The van der Waals surface area contributed by atoms with Crippen molar-refractivity contribution >= 4 is 11.8 Å². The molecule has 0 aromatic heterocycles. The van der Waals surface area contributed by atoms with Crippen molar-refractivity contribution < 1.29 is 19.1 Å². The lowest BCUT2D eigenvalue weighted by molar-refractivity contribution is -0.199. The van der Waals surface area contributed by atoms with Crippen LogP contribution in [0.25, 0.3) is 0 Å². The number of carbonyl (C=O) groups excluding carboxylic acids is 2. The van der Waals surface area contributed by atoms with Gasteiger partial charge in [0.05, 0.1) is 11.7 Å². The van der Waals surface area contributed by atoms with Crippen molar-refractivity contribution in [2.24, 2.45) is 58.0 Å². The highest BCUT2D eigenvalue weighted by Gasteiger charge is 2.67. The number of hydrogen-bond donors (Lipinski definition) is 1. The van der Waals surface area contributed by atoms with Crippen molar-refractivity contribution in [3.63, 3.8) is 0 Å². The van der Waals surface area contributed by atoms with Crippen LogP contribution < -0.4 is 5.73 Å². The lowest BCUT2D eigenvalue weighted by Crippen LogP contribution is -2.63. The van der Waals surface area contributed by atoms with Gasteiger partial charge in [-0.3, -0.25) is 4.79 Å². The molecular formula is C37H55NO4. The minimum absolute atomic E-state index is 0.102. The van der Waals surface area contributed by atoms with Gasteiger partial charge in [0.15, 0.2) is 0 Å². The van der Waals surface area contributed by atoms with Crippen LogP contribution in [0.15, 0.2) is 30.3 Å². The highest BCUT2D eigenvalue weighted by atomic mass is 16.5. The lowest BCUT2D eigenvalue weighted by Gasteiger charge is -2.65. The topological polar surface area (TPSA) is 78.6 Å². The van der Waals surface area contributed by atoms with Crippen LogP contribution in [0.1, 0.15) is 115 Å². The Morgan fingerprint density at radius 2 is 1.88 bits per heavy atom. The summed E-state index contributed by atoms with van der Waals surface area (Å²) in [5, 5.41) is 0. The summed E-state index contributed by atoms with van der Waals surface area (Å²) in [5.41, 5.74) is 7.59. The number of carbonyl (C=O) groups is 2. The zero-order valence-corrected chi connectivity index (χ0v) is 26.6. The average Bonchev–Trinajstić information content (AvgIpc) is 3.36. The molecule has 5 heteroatoms. The molecule has 6 rings (SSSR count). The van der Waals surface area contributed by atoms with E-state index in [1.165, 1.54) is 12.8 Å². The van der Waals surface area contributed by atoms with E-state index in [-0.39, 0.29) is 28.9 Å². The molecule has 8 unspecified atom stereocenters. The summed E-state index contributed by atoms with van der Waals surface area (Å²) in [5.74, 6) is 3.44. The summed E-state index contributed by atoms with van der Waals surface area (Å²) in [6.07, 6.45) is 12.5. The summed E-state index contributed by atoms with van der Waals surface area (Å²) in [6, 6.07) is 9.64. The standard InChI is InChI=1S/C37H55NO4/c1-5-11-31(38)28-15-16-29-34-27(23(2)32-14-9-10-19-41-32)21-25-20-26(39)17-18-36(25,3)30(34)22-33(37(28,29)4)42-35(40)24-12-7-6-8-13-24/h6-8,12-13,23,25,27-34H,5,9-11,14-22,38H2,1-4H3/t23-,25+,27?,28?,29?,30?,31-,32?,33+,34?,36?,37?/m1/s1. The quantitative estimate of drug-likeness (QED) is 0.338. The Bertz CT molecular complexity index is 1120. The number of hydrogen-bond acceptors (Lipinski definition) is 5. The van der Waals surface area contributed by atoms with Crippen LogP contribution in [-0.2, 0) is 14.3 Å². The maximum Gasteiger partial charge on any atom is 0.338 e. The van der Waals surface area contributed by atoms with Gasteiger partial charge >= 0.3 is 5.97 Å². The SMILES string of the molecule is CCC[C@@H](N)C1CCC2C3C([C@@H](C)C4CCCCO4)C[C@@H]4CC(=O)CCC4(C)C3C[C@H](OC(=O)c3ccccc3)C21C. The van der Waals surface area contributed by atoms with Crippen LogP contribution in [0.5, 0.6) is 0 Å². The van der Waals surface area contributed by atoms with Crippen molar-refractivity contribution in [1.29, 1.82) is 0 Å². The van der Waals surface area contributed by atoms with Gasteiger partial charge in [-0.05, 0) is 117 Å². The first-order valence-electron chi connectivity index (χ1n) is 17.3. The van der Waals surface area contributed by atoms with Crippen molar-refractivity contribution in [2.75, 3.05) is 6.61 Å². The van der Waals surface area contributed by atoms with Gasteiger partial charge in [0, 0.05) is 30.9 Å². The number of rotatable bonds is 7. The minimum Gasteiger partial charge on any atom is -0.458 e. The molecule has 4 saturated carbocycles. The third-order valence-corrected chi connectivity index (χ3v) is 13.6. The summed E-state index contributed by atoms with van der Waals surface area (Å²) < 4.78 is 13.1. The van der Waals surface area contributed by atoms with E-state index in [9.17, 15) is 9.59 Å². The van der Waals surface area contributed by atoms with Gasteiger partial charge in [0.1, 0.15) is 11.9 Å². The fourth-order valence-corrected chi connectivity index (χ4v) is 11.3. The molecule has 0 radical (unpaired) electrons. The second kappa shape index (κ2) is 12.0. The van der Waals surface area contributed by atoms with E-state index in [1.54, 1.807) is 0 Å². The lowest BCUT2D eigenvalue weighted by atomic mass is 9.40. The second-order valence-electron chi connectivity index (χ2n) is 15.4. The maximum absolute atomic E-state index is 13.7. The average molecular weight is 578 g/mol. The number of ether oxygens (including phenoxy) is 2. The van der Waals surface area contributed by atoms with Crippen LogP contribution in [-0.4, -0.2) is 36.6 Å². The second-order valence-corrected chi connectivity index (χ2v) is 15.4. The monoisotopic (exact) mass is 577 g/mol. The highest BCUT2D eigenvalue weighted by molar-refractivity contribution is 5.89. The fraction of sp³-hybridized carbons (Fsp3) is 0.784. The van der Waals surface area contributed by atoms with Gasteiger partial charge in [-0.25, -0.2) is 4.79 Å². The van der Waals surface area contributed by atoms with E-state index >= 15 is 0 Å². The van der Waals surface area contributed by atoms with Crippen molar-refractivity contribution in [3.05, 3.63) is 35.9 Å². The normalized spacial score (nSPS) is 43.0. The predicted octanol–water partition coefficient (Wildman–Crippen LogP) is 7.61. The van der Waals surface area contributed by atoms with Gasteiger partial charge in [-0.1, -0.05) is 52.3 Å². The first-order chi connectivity index (χ1) is 20.2. The van der Waals surface area contributed by atoms with Crippen LogP contribution in [0.3, 0.4) is 0 Å².